The fraction of sp³-hybridized carbons (Fsp3) is 0.267. The molecule has 0 spiro atoms. The van der Waals surface area contributed by atoms with Crippen LogP contribution in [0.25, 0.3) is 0 Å². The largest absolute Gasteiger partial charge is 0.466 e. The lowest BCUT2D eigenvalue weighted by atomic mass is 9.92. The Morgan fingerprint density at radius 2 is 1.83 bits per heavy atom. The van der Waals surface area contributed by atoms with Gasteiger partial charge in [-0.05, 0) is 25.1 Å². The molecular weight excluding hydrogens is 224 g/mol. The molecule has 3 nitrogen and oxygen atoms in total. The van der Waals surface area contributed by atoms with E-state index in [9.17, 15) is 0 Å². The Kier molecular flexibility index (Phi) is 3.95. The normalized spacial score (nSPS) is 13.9. The number of nitrogens with zero attached hydrogens (tertiary/aromatic N) is 1. The highest BCUT2D eigenvalue weighted by molar-refractivity contribution is 5.24. The third-order valence-corrected chi connectivity index (χ3v) is 2.97. The van der Waals surface area contributed by atoms with Crippen molar-refractivity contribution in [3.63, 3.8) is 0 Å². The second-order valence-electron chi connectivity index (χ2n) is 4.41. The van der Waals surface area contributed by atoms with Gasteiger partial charge in [0.1, 0.15) is 5.60 Å². The minimum Gasteiger partial charge on any atom is -0.466 e. The molecule has 18 heavy (non-hydrogen) atoms. The first-order valence-corrected chi connectivity index (χ1v) is 6.10. The third-order valence-electron chi connectivity index (χ3n) is 2.97. The van der Waals surface area contributed by atoms with Crippen molar-refractivity contribution in [1.29, 1.82) is 0 Å². The van der Waals surface area contributed by atoms with Crippen LogP contribution < -0.4 is 10.5 Å². The minimum atomic E-state index is -0.440. The Morgan fingerprint density at radius 3 is 2.44 bits per heavy atom. The highest BCUT2D eigenvalue weighted by Gasteiger charge is 2.28. The summed E-state index contributed by atoms with van der Waals surface area (Å²) in [5, 5.41) is 0. The van der Waals surface area contributed by atoms with E-state index in [1.807, 2.05) is 43.3 Å². The van der Waals surface area contributed by atoms with E-state index < -0.39 is 5.60 Å². The number of benzene rings is 1. The van der Waals surface area contributed by atoms with Crippen LogP contribution in [-0.4, -0.2) is 11.5 Å². The van der Waals surface area contributed by atoms with E-state index in [1.54, 1.807) is 6.20 Å². The highest BCUT2D eigenvalue weighted by atomic mass is 16.5. The second kappa shape index (κ2) is 5.65. The Morgan fingerprint density at radius 1 is 1.11 bits per heavy atom. The Bertz CT molecular complexity index is 472. The molecule has 94 valence electrons. The van der Waals surface area contributed by atoms with Crippen LogP contribution in [0, 0.1) is 0 Å². The molecule has 2 aromatic rings. The molecule has 0 aliphatic carbocycles. The van der Waals surface area contributed by atoms with E-state index in [0.29, 0.717) is 12.4 Å². The molecule has 0 aliphatic heterocycles. The van der Waals surface area contributed by atoms with Gasteiger partial charge in [-0.15, -0.1) is 0 Å². The number of aromatic nitrogens is 1. The van der Waals surface area contributed by atoms with Crippen molar-refractivity contribution in [1.82, 2.24) is 4.98 Å². The van der Waals surface area contributed by atoms with E-state index in [1.165, 1.54) is 0 Å². The van der Waals surface area contributed by atoms with Gasteiger partial charge in [-0.3, -0.25) is 0 Å². The van der Waals surface area contributed by atoms with Crippen LogP contribution in [0.2, 0.25) is 0 Å². The van der Waals surface area contributed by atoms with Gasteiger partial charge < -0.3 is 10.5 Å². The topological polar surface area (TPSA) is 48.1 Å². The monoisotopic (exact) mass is 242 g/mol. The van der Waals surface area contributed by atoms with Gasteiger partial charge in [0.25, 0.3) is 0 Å². The molecule has 2 N–H and O–H groups in total. The molecule has 1 atom stereocenters. The number of nitrogens with two attached hydrogens (primary N) is 1. The van der Waals surface area contributed by atoms with Crippen LogP contribution in [-0.2, 0) is 5.60 Å². The second-order valence-corrected chi connectivity index (χ2v) is 4.41. The summed E-state index contributed by atoms with van der Waals surface area (Å²) in [7, 11) is 0. The van der Waals surface area contributed by atoms with Gasteiger partial charge in [0, 0.05) is 18.7 Å². The summed E-state index contributed by atoms with van der Waals surface area (Å²) in [5.74, 6) is 0.623. The summed E-state index contributed by atoms with van der Waals surface area (Å²) in [6.45, 7) is 2.61. The third kappa shape index (κ3) is 2.87. The van der Waals surface area contributed by atoms with Crippen LogP contribution in [0.15, 0.2) is 54.7 Å². The van der Waals surface area contributed by atoms with Gasteiger partial charge >= 0.3 is 0 Å². The summed E-state index contributed by atoms with van der Waals surface area (Å²) in [6, 6.07) is 15.8. The summed E-state index contributed by atoms with van der Waals surface area (Å²) >= 11 is 0. The lowest BCUT2D eigenvalue weighted by molar-refractivity contribution is 0.0740. The van der Waals surface area contributed by atoms with Crippen molar-refractivity contribution in [2.75, 3.05) is 6.54 Å². The maximum atomic E-state index is 6.04. The van der Waals surface area contributed by atoms with E-state index >= 15 is 0 Å². The zero-order chi connectivity index (χ0) is 12.8. The standard InChI is InChI=1S/C15H18N2O/c1-15(10-11-16,13-7-3-2-4-8-13)18-14-9-5-6-12-17-14/h2-9,12H,10-11,16H2,1H3. The Labute approximate surface area is 108 Å². The van der Waals surface area contributed by atoms with E-state index in [2.05, 4.69) is 17.1 Å². The van der Waals surface area contributed by atoms with Gasteiger partial charge in [-0.2, -0.15) is 0 Å². The zero-order valence-electron chi connectivity index (χ0n) is 10.5. The summed E-state index contributed by atoms with van der Waals surface area (Å²) < 4.78 is 6.04. The first-order valence-electron chi connectivity index (χ1n) is 6.10. The lowest BCUT2D eigenvalue weighted by Crippen LogP contribution is -2.32. The summed E-state index contributed by atoms with van der Waals surface area (Å²) in [5.41, 5.74) is 6.38. The number of ether oxygens (including phenoxy) is 1. The number of rotatable bonds is 5. The van der Waals surface area contributed by atoms with Crippen molar-refractivity contribution < 1.29 is 4.74 Å². The Balaban J connectivity index is 2.27. The number of pyridine rings is 1. The first-order chi connectivity index (χ1) is 8.74. The Hall–Kier alpha value is -1.87. The molecule has 0 amide bonds. The van der Waals surface area contributed by atoms with Crippen LogP contribution in [0.1, 0.15) is 18.9 Å². The van der Waals surface area contributed by atoms with Crippen LogP contribution >= 0.6 is 0 Å². The average molecular weight is 242 g/mol. The van der Waals surface area contributed by atoms with Crippen molar-refractivity contribution in [2.45, 2.75) is 18.9 Å². The quantitative estimate of drug-likeness (QED) is 0.877. The highest BCUT2D eigenvalue weighted by Crippen LogP contribution is 2.29. The van der Waals surface area contributed by atoms with Crippen molar-refractivity contribution in [3.8, 4) is 5.88 Å². The summed E-state index contributed by atoms with van der Waals surface area (Å²) in [6.07, 6.45) is 2.47. The molecule has 1 heterocycles. The molecule has 0 aliphatic rings. The molecule has 1 aromatic carbocycles. The predicted octanol–water partition coefficient (Wildman–Crippen LogP) is 2.72. The van der Waals surface area contributed by atoms with Crippen LogP contribution in [0.5, 0.6) is 5.88 Å². The molecule has 0 fully saturated rings. The van der Waals surface area contributed by atoms with Crippen LogP contribution in [0.4, 0.5) is 0 Å². The van der Waals surface area contributed by atoms with Crippen LogP contribution in [0.3, 0.4) is 0 Å². The molecule has 0 saturated carbocycles. The molecule has 0 saturated heterocycles. The molecule has 3 heteroatoms. The van der Waals surface area contributed by atoms with Gasteiger partial charge in [-0.25, -0.2) is 4.98 Å². The minimum absolute atomic E-state index is 0.440. The summed E-state index contributed by atoms with van der Waals surface area (Å²) in [4.78, 5) is 4.21. The lowest BCUT2D eigenvalue weighted by Gasteiger charge is -2.30. The average Bonchev–Trinajstić information content (AvgIpc) is 2.41. The van der Waals surface area contributed by atoms with E-state index in [4.69, 9.17) is 10.5 Å². The van der Waals surface area contributed by atoms with Gasteiger partial charge in [0.15, 0.2) is 0 Å². The smallest absolute Gasteiger partial charge is 0.214 e. The number of hydrogen-bond acceptors (Lipinski definition) is 3. The van der Waals surface area contributed by atoms with Gasteiger partial charge in [0.2, 0.25) is 5.88 Å². The fourth-order valence-electron chi connectivity index (χ4n) is 1.96. The predicted molar refractivity (Wildman–Crippen MR) is 72.3 cm³/mol. The molecule has 1 aromatic heterocycles. The van der Waals surface area contributed by atoms with Crippen molar-refractivity contribution in [3.05, 3.63) is 60.3 Å². The zero-order valence-corrected chi connectivity index (χ0v) is 10.5. The van der Waals surface area contributed by atoms with Crippen molar-refractivity contribution in [2.24, 2.45) is 5.73 Å². The van der Waals surface area contributed by atoms with Gasteiger partial charge in [0.05, 0.1) is 0 Å². The molecular formula is C15H18N2O. The number of hydrogen-bond donors (Lipinski definition) is 1. The maximum absolute atomic E-state index is 6.04. The van der Waals surface area contributed by atoms with E-state index in [-0.39, 0.29) is 0 Å². The fourth-order valence-corrected chi connectivity index (χ4v) is 1.96. The van der Waals surface area contributed by atoms with E-state index in [0.717, 1.165) is 12.0 Å². The molecule has 1 unspecified atom stereocenters. The molecule has 2 rings (SSSR count). The first kappa shape index (κ1) is 12.6. The van der Waals surface area contributed by atoms with Gasteiger partial charge in [-0.1, -0.05) is 36.4 Å². The SMILES string of the molecule is CC(CCN)(Oc1ccccn1)c1ccccc1. The molecule has 0 bridgehead atoms. The molecule has 0 radical (unpaired) electrons. The van der Waals surface area contributed by atoms with Crippen molar-refractivity contribution >= 4 is 0 Å². The maximum Gasteiger partial charge on any atom is 0.214 e.